The van der Waals surface area contributed by atoms with Gasteiger partial charge in [0.2, 0.25) is 5.95 Å². The quantitative estimate of drug-likeness (QED) is 0.251. The molecule has 1 amide bonds. The highest BCUT2D eigenvalue weighted by molar-refractivity contribution is 5.97. The molecule has 0 saturated carbocycles. The first kappa shape index (κ1) is 32.8. The highest BCUT2D eigenvalue weighted by atomic mass is 19.1. The van der Waals surface area contributed by atoms with Crippen LogP contribution in [-0.4, -0.2) is 74.0 Å². The van der Waals surface area contributed by atoms with Crippen molar-refractivity contribution in [3.05, 3.63) is 54.5 Å². The van der Waals surface area contributed by atoms with Gasteiger partial charge >= 0.3 is 6.09 Å². The molecule has 3 atom stereocenters. The Bertz CT molecular complexity index is 1420. The zero-order valence-corrected chi connectivity index (χ0v) is 27.0. The maximum absolute atomic E-state index is 15.3. The monoisotopic (exact) mass is 608 g/mol. The summed E-state index contributed by atoms with van der Waals surface area (Å²) in [5.74, 6) is 1.33. The van der Waals surface area contributed by atoms with Gasteiger partial charge < -0.3 is 29.3 Å². The number of likely N-dealkylation sites (N-methyl/N-ethyl adjacent to an activating group) is 1. The van der Waals surface area contributed by atoms with E-state index in [1.807, 2.05) is 13.8 Å². The Labute approximate surface area is 260 Å². The molecule has 238 valence electrons. The minimum atomic E-state index is -0.603. The summed E-state index contributed by atoms with van der Waals surface area (Å²) in [7, 11) is 5.16. The molecule has 1 aliphatic heterocycles. The summed E-state index contributed by atoms with van der Waals surface area (Å²) in [6.45, 7) is 12.7. The molecule has 0 spiro atoms. The normalized spacial score (nSPS) is 16.8. The lowest BCUT2D eigenvalue weighted by Crippen LogP contribution is -2.50. The number of aromatic nitrogens is 2. The third kappa shape index (κ3) is 7.50. The highest BCUT2D eigenvalue weighted by Gasteiger charge is 2.31. The van der Waals surface area contributed by atoms with E-state index in [2.05, 4.69) is 52.9 Å². The van der Waals surface area contributed by atoms with E-state index in [9.17, 15) is 4.79 Å². The average Bonchev–Trinajstić information content (AvgIpc) is 3.01. The number of hydrogen-bond donors (Lipinski definition) is 1. The number of benzene rings is 2. The summed E-state index contributed by atoms with van der Waals surface area (Å²) in [4.78, 5) is 28.6. The molecule has 1 saturated heterocycles. The second-order valence-corrected chi connectivity index (χ2v) is 11.7. The molecule has 2 heterocycles. The number of halogens is 1. The van der Waals surface area contributed by atoms with Gasteiger partial charge in [-0.2, -0.15) is 4.98 Å². The number of amides is 1. The predicted octanol–water partition coefficient (Wildman–Crippen LogP) is 6.86. The second kappa shape index (κ2) is 14.6. The fourth-order valence-electron chi connectivity index (χ4n) is 5.37. The average molecular weight is 609 g/mol. The maximum Gasteiger partial charge on any atom is 0.420 e. The van der Waals surface area contributed by atoms with Crippen LogP contribution in [0.5, 0.6) is 11.5 Å². The topological polar surface area (TPSA) is 92.3 Å². The number of nitrogens with zero attached hydrogens (tertiary/aromatic N) is 5. The summed E-state index contributed by atoms with van der Waals surface area (Å²) in [6, 6.07) is 12.1. The number of nitrogens with one attached hydrogen (secondary N) is 1. The molecule has 1 N–H and O–H groups in total. The van der Waals surface area contributed by atoms with E-state index >= 15 is 4.39 Å². The second-order valence-electron chi connectivity index (χ2n) is 11.7. The van der Waals surface area contributed by atoms with Crippen molar-refractivity contribution in [3.63, 3.8) is 0 Å². The van der Waals surface area contributed by atoms with E-state index in [-0.39, 0.29) is 35.5 Å². The van der Waals surface area contributed by atoms with Crippen LogP contribution in [0.2, 0.25) is 0 Å². The first-order valence-electron chi connectivity index (χ1n) is 15.1. The lowest BCUT2D eigenvalue weighted by Gasteiger charge is -2.39. The first-order chi connectivity index (χ1) is 21.1. The molecule has 2 aromatic carbocycles. The van der Waals surface area contributed by atoms with Gasteiger partial charge in [-0.1, -0.05) is 34.1 Å². The molecule has 1 aromatic heterocycles. The zero-order valence-electron chi connectivity index (χ0n) is 27.0. The number of anilines is 5. The SMILES string of the molecule is CCC(C)C(OC(=O)N(c1ccnc(Nc2ccc(N3CCN(C)C(C)C3)c(F)c2)n1)c1ccc(OC)cc1OC)C(C)C. The minimum absolute atomic E-state index is 0.100. The number of ether oxygens (including phenoxy) is 3. The zero-order chi connectivity index (χ0) is 32.0. The largest absolute Gasteiger partial charge is 0.497 e. The molecular formula is C33H45FN6O4. The molecule has 1 aliphatic rings. The molecule has 3 unspecified atom stereocenters. The van der Waals surface area contributed by atoms with Gasteiger partial charge in [-0.15, -0.1) is 0 Å². The molecule has 10 nitrogen and oxygen atoms in total. The summed E-state index contributed by atoms with van der Waals surface area (Å²) < 4.78 is 32.4. The Morgan fingerprint density at radius 1 is 1.11 bits per heavy atom. The van der Waals surface area contributed by atoms with Crippen molar-refractivity contribution < 1.29 is 23.4 Å². The fraction of sp³-hybridized carbons (Fsp3) is 0.485. The van der Waals surface area contributed by atoms with E-state index in [0.717, 1.165) is 26.1 Å². The highest BCUT2D eigenvalue weighted by Crippen LogP contribution is 2.37. The van der Waals surface area contributed by atoms with Crippen LogP contribution in [0.25, 0.3) is 0 Å². The van der Waals surface area contributed by atoms with Crippen molar-refractivity contribution in [2.24, 2.45) is 11.8 Å². The number of hydrogen-bond acceptors (Lipinski definition) is 9. The van der Waals surface area contributed by atoms with Crippen molar-refractivity contribution in [3.8, 4) is 11.5 Å². The molecule has 4 rings (SSSR count). The van der Waals surface area contributed by atoms with Crippen LogP contribution < -0.4 is 24.6 Å². The minimum Gasteiger partial charge on any atom is -0.497 e. The molecule has 3 aromatic rings. The molecule has 0 aliphatic carbocycles. The van der Waals surface area contributed by atoms with Crippen LogP contribution in [0, 0.1) is 17.7 Å². The van der Waals surface area contributed by atoms with Crippen LogP contribution >= 0.6 is 0 Å². The lowest BCUT2D eigenvalue weighted by molar-refractivity contribution is 0.0419. The van der Waals surface area contributed by atoms with Crippen LogP contribution in [0.4, 0.5) is 38.0 Å². The number of carbonyl (C=O) groups excluding carboxylic acids is 1. The van der Waals surface area contributed by atoms with Gasteiger partial charge in [0.05, 0.1) is 25.6 Å². The molecule has 44 heavy (non-hydrogen) atoms. The Balaban J connectivity index is 1.66. The van der Waals surface area contributed by atoms with Gasteiger partial charge in [0.1, 0.15) is 29.2 Å². The Hall–Kier alpha value is -4.12. The van der Waals surface area contributed by atoms with Crippen molar-refractivity contribution in [2.45, 2.75) is 53.2 Å². The van der Waals surface area contributed by atoms with Crippen molar-refractivity contribution in [2.75, 3.05) is 56.0 Å². The van der Waals surface area contributed by atoms with E-state index in [4.69, 9.17) is 14.2 Å². The van der Waals surface area contributed by atoms with E-state index in [1.165, 1.54) is 24.3 Å². The number of rotatable bonds is 11. The smallest absolute Gasteiger partial charge is 0.420 e. The summed E-state index contributed by atoms with van der Waals surface area (Å²) in [5, 5.41) is 3.09. The van der Waals surface area contributed by atoms with Gasteiger partial charge in [-0.25, -0.2) is 19.1 Å². The van der Waals surface area contributed by atoms with E-state index in [0.29, 0.717) is 34.6 Å². The van der Waals surface area contributed by atoms with Crippen molar-refractivity contribution in [1.82, 2.24) is 14.9 Å². The molecular weight excluding hydrogens is 563 g/mol. The molecule has 0 bridgehead atoms. The van der Waals surface area contributed by atoms with Gasteiger partial charge in [-0.3, -0.25) is 0 Å². The third-order valence-electron chi connectivity index (χ3n) is 8.28. The predicted molar refractivity (Wildman–Crippen MR) is 172 cm³/mol. The Morgan fingerprint density at radius 2 is 1.89 bits per heavy atom. The number of carbonyl (C=O) groups is 1. The van der Waals surface area contributed by atoms with Gasteiger partial charge in [0.25, 0.3) is 0 Å². The van der Waals surface area contributed by atoms with Crippen molar-refractivity contribution in [1.29, 1.82) is 0 Å². The Morgan fingerprint density at radius 3 is 2.52 bits per heavy atom. The van der Waals surface area contributed by atoms with Gasteiger partial charge in [0, 0.05) is 49.7 Å². The Kier molecular flexibility index (Phi) is 10.9. The van der Waals surface area contributed by atoms with Crippen LogP contribution in [0.15, 0.2) is 48.7 Å². The molecule has 0 radical (unpaired) electrons. The summed E-state index contributed by atoms with van der Waals surface area (Å²) >= 11 is 0. The standard InChI is InChI=1S/C33H45FN6O4/c1-9-22(4)31(21(2)3)44-33(41)40(28-13-11-25(42-7)19-29(28)43-8)30-14-15-35-32(37-30)36-24-10-12-27(26(34)18-24)39-17-16-38(6)23(5)20-39/h10-15,18-19,21-23,31H,9,16-17,20H2,1-8H3,(H,35,36,37). The van der Waals surface area contributed by atoms with Crippen LogP contribution in [0.3, 0.4) is 0 Å². The number of methoxy groups -OCH3 is 2. The van der Waals surface area contributed by atoms with Crippen LogP contribution in [0.1, 0.15) is 41.0 Å². The number of piperazine rings is 1. The maximum atomic E-state index is 15.3. The van der Waals surface area contributed by atoms with Gasteiger partial charge in [0.15, 0.2) is 0 Å². The fourth-order valence-corrected chi connectivity index (χ4v) is 5.37. The van der Waals surface area contributed by atoms with Crippen molar-refractivity contribution >= 4 is 34.9 Å². The van der Waals surface area contributed by atoms with E-state index < -0.39 is 6.09 Å². The first-order valence-corrected chi connectivity index (χ1v) is 15.1. The summed E-state index contributed by atoms with van der Waals surface area (Å²) in [6.07, 6.45) is 1.47. The van der Waals surface area contributed by atoms with Gasteiger partial charge in [-0.05, 0) is 56.1 Å². The summed E-state index contributed by atoms with van der Waals surface area (Å²) in [5.41, 5.74) is 1.47. The molecule has 1 fully saturated rings. The van der Waals surface area contributed by atoms with Crippen LogP contribution in [-0.2, 0) is 4.74 Å². The molecule has 11 heteroatoms. The lowest BCUT2D eigenvalue weighted by atomic mass is 9.93. The third-order valence-corrected chi connectivity index (χ3v) is 8.28. The van der Waals surface area contributed by atoms with E-state index in [1.54, 1.807) is 43.5 Å².